The lowest BCUT2D eigenvalue weighted by molar-refractivity contribution is -0.121. The van der Waals surface area contributed by atoms with Gasteiger partial charge in [-0.2, -0.15) is 0 Å². The molecule has 1 aromatic carbocycles. The molecule has 0 radical (unpaired) electrons. The van der Waals surface area contributed by atoms with Gasteiger partial charge in [0.25, 0.3) is 5.91 Å². The fourth-order valence-corrected chi connectivity index (χ4v) is 2.39. The summed E-state index contributed by atoms with van der Waals surface area (Å²) in [6.45, 7) is 0.947. The van der Waals surface area contributed by atoms with E-state index in [2.05, 4.69) is 4.98 Å². The molecule has 124 valence electrons. The molecule has 0 fully saturated rings. The van der Waals surface area contributed by atoms with E-state index in [4.69, 9.17) is 15.2 Å². The van der Waals surface area contributed by atoms with Crippen LogP contribution in [0.1, 0.15) is 16.8 Å². The Balaban J connectivity index is 1.53. The van der Waals surface area contributed by atoms with Crippen LogP contribution in [-0.4, -0.2) is 36.6 Å². The van der Waals surface area contributed by atoms with Gasteiger partial charge in [0.15, 0.2) is 18.2 Å². The summed E-state index contributed by atoms with van der Waals surface area (Å²) in [7, 11) is 0. The number of primary amides is 1. The molecule has 0 bridgehead atoms. The summed E-state index contributed by atoms with van der Waals surface area (Å²) >= 11 is 0. The summed E-state index contributed by atoms with van der Waals surface area (Å²) in [6.07, 6.45) is 2.27. The zero-order valence-electron chi connectivity index (χ0n) is 13.0. The number of hydrogen-bond acceptors (Lipinski definition) is 5. The van der Waals surface area contributed by atoms with E-state index >= 15 is 0 Å². The number of carbonyl (C=O) groups is 2. The highest BCUT2D eigenvalue weighted by Crippen LogP contribution is 2.28. The van der Waals surface area contributed by atoms with Gasteiger partial charge in [-0.15, -0.1) is 0 Å². The number of nitrogens with zero attached hydrogens (tertiary/aromatic N) is 2. The van der Waals surface area contributed by atoms with Crippen molar-refractivity contribution in [1.82, 2.24) is 4.98 Å². The maximum Gasteiger partial charge on any atom is 0.266 e. The van der Waals surface area contributed by atoms with E-state index < -0.39 is 5.91 Å². The zero-order chi connectivity index (χ0) is 16.9. The second kappa shape index (κ2) is 6.99. The normalized spacial score (nSPS) is 13.2. The first-order chi connectivity index (χ1) is 11.6. The van der Waals surface area contributed by atoms with E-state index in [1.807, 2.05) is 0 Å². The van der Waals surface area contributed by atoms with Gasteiger partial charge in [0.2, 0.25) is 5.91 Å². The molecule has 7 heteroatoms. The van der Waals surface area contributed by atoms with Gasteiger partial charge in [0.1, 0.15) is 5.75 Å². The van der Waals surface area contributed by atoms with Crippen LogP contribution >= 0.6 is 0 Å². The Morgan fingerprint density at radius 3 is 2.83 bits per heavy atom. The van der Waals surface area contributed by atoms with Crippen molar-refractivity contribution in [3.8, 4) is 11.5 Å². The van der Waals surface area contributed by atoms with Gasteiger partial charge < -0.3 is 15.2 Å². The van der Waals surface area contributed by atoms with Crippen molar-refractivity contribution >= 4 is 17.6 Å². The first-order valence-corrected chi connectivity index (χ1v) is 7.56. The first-order valence-electron chi connectivity index (χ1n) is 7.56. The number of fused-ring (bicyclic) bond motifs is 1. The maximum absolute atomic E-state index is 12.0. The van der Waals surface area contributed by atoms with Crippen LogP contribution in [0.3, 0.4) is 0 Å². The third kappa shape index (κ3) is 3.45. The summed E-state index contributed by atoms with van der Waals surface area (Å²) in [5, 5.41) is 0. The molecule has 0 atom stereocenters. The number of benzene rings is 1. The van der Waals surface area contributed by atoms with Gasteiger partial charge in [0, 0.05) is 18.3 Å². The fraction of sp³-hybridized carbons (Fsp3) is 0.235. The van der Waals surface area contributed by atoms with Crippen LogP contribution in [-0.2, 0) is 4.79 Å². The first kappa shape index (κ1) is 15.8. The average molecular weight is 327 g/mol. The van der Waals surface area contributed by atoms with Gasteiger partial charge in [-0.3, -0.25) is 14.5 Å². The van der Waals surface area contributed by atoms with Crippen LogP contribution < -0.4 is 20.1 Å². The Hall–Kier alpha value is -3.09. The van der Waals surface area contributed by atoms with Crippen molar-refractivity contribution in [2.24, 2.45) is 5.73 Å². The number of hydrogen-bond donors (Lipinski definition) is 1. The van der Waals surface area contributed by atoms with Crippen LogP contribution in [0.4, 0.5) is 5.82 Å². The van der Waals surface area contributed by atoms with Crippen molar-refractivity contribution in [2.45, 2.75) is 6.42 Å². The number of pyridine rings is 1. The summed E-state index contributed by atoms with van der Waals surface area (Å²) in [4.78, 5) is 28.8. The van der Waals surface area contributed by atoms with E-state index in [9.17, 15) is 9.59 Å². The monoisotopic (exact) mass is 327 g/mol. The summed E-state index contributed by atoms with van der Waals surface area (Å²) in [5.41, 5.74) is 5.62. The summed E-state index contributed by atoms with van der Waals surface area (Å²) in [6, 6.07) is 10.2. The summed E-state index contributed by atoms with van der Waals surface area (Å²) in [5.74, 6) is 1.21. The predicted molar refractivity (Wildman–Crippen MR) is 87.2 cm³/mol. The molecule has 0 aliphatic carbocycles. The second-order valence-electron chi connectivity index (χ2n) is 5.25. The molecular formula is C17H17N3O4. The number of aromatic nitrogens is 1. The van der Waals surface area contributed by atoms with E-state index in [-0.39, 0.29) is 12.5 Å². The number of ether oxygens (including phenoxy) is 2. The Morgan fingerprint density at radius 1 is 1.29 bits per heavy atom. The Kier molecular flexibility index (Phi) is 4.60. The highest BCUT2D eigenvalue weighted by Gasteiger charge is 2.25. The molecule has 3 rings (SSSR count). The molecule has 0 unspecified atom stereocenters. The highest BCUT2D eigenvalue weighted by atomic mass is 16.5. The molecule has 0 saturated carbocycles. The SMILES string of the molecule is NC(=O)c1ccc(OCCCN2C(=O)COc3cccnc32)cc1. The minimum Gasteiger partial charge on any atom is -0.494 e. The Labute approximate surface area is 139 Å². The van der Waals surface area contributed by atoms with E-state index in [1.165, 1.54) is 0 Å². The van der Waals surface area contributed by atoms with Crippen LogP contribution in [0.2, 0.25) is 0 Å². The van der Waals surface area contributed by atoms with E-state index in [0.29, 0.717) is 42.5 Å². The third-order valence-electron chi connectivity index (χ3n) is 3.59. The molecule has 2 aromatic rings. The standard InChI is InChI=1S/C17H17N3O4/c18-16(22)12-4-6-13(7-5-12)23-10-2-9-20-15(21)11-24-14-3-1-8-19-17(14)20/h1,3-8H,2,9-11H2,(H2,18,22). The van der Waals surface area contributed by atoms with Gasteiger partial charge >= 0.3 is 0 Å². The lowest BCUT2D eigenvalue weighted by Crippen LogP contribution is -2.40. The Bertz CT molecular complexity index is 746. The van der Waals surface area contributed by atoms with Crippen molar-refractivity contribution in [3.63, 3.8) is 0 Å². The molecule has 0 saturated heterocycles. The lowest BCUT2D eigenvalue weighted by atomic mass is 10.2. The van der Waals surface area contributed by atoms with Crippen LogP contribution in [0.5, 0.6) is 11.5 Å². The van der Waals surface area contributed by atoms with Gasteiger partial charge in [0.05, 0.1) is 6.61 Å². The molecular weight excluding hydrogens is 310 g/mol. The van der Waals surface area contributed by atoms with E-state index in [0.717, 1.165) is 0 Å². The minimum atomic E-state index is -0.474. The largest absolute Gasteiger partial charge is 0.494 e. The topological polar surface area (TPSA) is 94.8 Å². The van der Waals surface area contributed by atoms with Gasteiger partial charge in [-0.1, -0.05) is 0 Å². The van der Waals surface area contributed by atoms with Crippen LogP contribution in [0.15, 0.2) is 42.6 Å². The summed E-state index contributed by atoms with van der Waals surface area (Å²) < 4.78 is 11.0. The number of anilines is 1. The fourth-order valence-electron chi connectivity index (χ4n) is 2.39. The molecule has 1 aromatic heterocycles. The smallest absolute Gasteiger partial charge is 0.266 e. The van der Waals surface area contributed by atoms with E-state index in [1.54, 1.807) is 47.5 Å². The Morgan fingerprint density at radius 2 is 2.08 bits per heavy atom. The number of carbonyl (C=O) groups excluding carboxylic acids is 2. The molecule has 0 spiro atoms. The average Bonchev–Trinajstić information content (AvgIpc) is 2.60. The van der Waals surface area contributed by atoms with Crippen LogP contribution in [0, 0.1) is 0 Å². The third-order valence-corrected chi connectivity index (χ3v) is 3.59. The molecule has 2 amide bonds. The quantitative estimate of drug-likeness (QED) is 0.809. The second-order valence-corrected chi connectivity index (χ2v) is 5.25. The number of nitrogens with two attached hydrogens (primary N) is 1. The van der Waals surface area contributed by atoms with Crippen molar-refractivity contribution in [2.75, 3.05) is 24.7 Å². The number of amides is 2. The molecule has 2 heterocycles. The lowest BCUT2D eigenvalue weighted by Gasteiger charge is -2.27. The van der Waals surface area contributed by atoms with Crippen LogP contribution in [0.25, 0.3) is 0 Å². The predicted octanol–water partition coefficient (Wildman–Crippen LogP) is 1.37. The molecule has 2 N–H and O–H groups in total. The zero-order valence-corrected chi connectivity index (χ0v) is 13.0. The minimum absolute atomic E-state index is 0.0220. The molecule has 1 aliphatic heterocycles. The maximum atomic E-state index is 12.0. The molecule has 24 heavy (non-hydrogen) atoms. The van der Waals surface area contributed by atoms with Crippen molar-refractivity contribution in [1.29, 1.82) is 0 Å². The molecule has 1 aliphatic rings. The number of rotatable bonds is 6. The van der Waals surface area contributed by atoms with Gasteiger partial charge in [-0.25, -0.2) is 4.98 Å². The van der Waals surface area contributed by atoms with Gasteiger partial charge in [-0.05, 0) is 42.8 Å². The van der Waals surface area contributed by atoms with Crippen molar-refractivity contribution in [3.05, 3.63) is 48.2 Å². The highest BCUT2D eigenvalue weighted by molar-refractivity contribution is 5.96. The molecule has 7 nitrogen and oxygen atoms in total. The van der Waals surface area contributed by atoms with Crippen molar-refractivity contribution < 1.29 is 19.1 Å².